The molecule has 9 nitrogen and oxygen atoms in total. The summed E-state index contributed by atoms with van der Waals surface area (Å²) in [5.74, 6) is -0.977. The molecule has 0 unspecified atom stereocenters. The maximum atomic E-state index is 11.5. The van der Waals surface area contributed by atoms with Crippen molar-refractivity contribution < 1.29 is 19.9 Å². The van der Waals surface area contributed by atoms with E-state index >= 15 is 0 Å². The van der Waals surface area contributed by atoms with Crippen LogP contribution >= 0.6 is 11.3 Å². The summed E-state index contributed by atoms with van der Waals surface area (Å²) in [4.78, 5) is 31.7. The number of carbonyl (C=O) groups is 1. The maximum Gasteiger partial charge on any atom is 0.223 e. The number of nitrogens with two attached hydrogens (primary N) is 1. The number of nitrogens with zero attached hydrogens (tertiary/aromatic N) is 3. The van der Waals surface area contributed by atoms with E-state index in [0.717, 1.165) is 23.6 Å². The molecule has 0 spiro atoms. The minimum absolute atomic E-state index is 0.0291. The van der Waals surface area contributed by atoms with Crippen molar-refractivity contribution >= 4 is 28.0 Å². The number of Topliss-reactive ketones (excluding diaryl/α,β-unsaturated/α-hetero) is 1. The van der Waals surface area contributed by atoms with E-state index in [0.29, 0.717) is 4.73 Å². The van der Waals surface area contributed by atoms with Crippen molar-refractivity contribution in [2.75, 3.05) is 5.73 Å². The van der Waals surface area contributed by atoms with E-state index < -0.39 is 11.2 Å². The molecule has 116 valence electrons. The van der Waals surface area contributed by atoms with Gasteiger partial charge in [0.1, 0.15) is 11.4 Å². The Morgan fingerprint density at radius 2 is 2.32 bits per heavy atom. The summed E-state index contributed by atoms with van der Waals surface area (Å²) >= 11 is 1.15. The number of hydrogen-bond donors (Lipinski definition) is 3. The number of anilines is 1. The third kappa shape index (κ3) is 3.41. The van der Waals surface area contributed by atoms with Crippen LogP contribution in [0.15, 0.2) is 27.6 Å². The van der Waals surface area contributed by atoms with Crippen LogP contribution in [0.5, 0.6) is 5.75 Å². The molecule has 4 N–H and O–H groups in total. The van der Waals surface area contributed by atoms with Gasteiger partial charge in [0.25, 0.3) is 0 Å². The topological polar surface area (TPSA) is 140 Å². The third-order valence-corrected chi connectivity index (χ3v) is 3.23. The summed E-state index contributed by atoms with van der Waals surface area (Å²) in [5.41, 5.74) is 5.12. The Labute approximate surface area is 127 Å². The average Bonchev–Trinajstić information content (AvgIpc) is 2.86. The molecule has 10 heteroatoms. The molecule has 2 heterocycles. The zero-order valence-corrected chi connectivity index (χ0v) is 12.2. The van der Waals surface area contributed by atoms with E-state index in [1.54, 1.807) is 5.38 Å². The first-order valence-electron chi connectivity index (χ1n) is 5.94. The molecule has 22 heavy (non-hydrogen) atoms. The molecule has 2 rings (SSSR count). The van der Waals surface area contributed by atoms with E-state index in [-0.39, 0.29) is 34.6 Å². The standard InChI is InChI=1S/C12H12N4O5S/c1-6(17)11(8-5-22-12(13)14-8)15-21-4-7-2-9(18)10(19)3-16(7)20/h2-3,5,19-20H,4H2,1H3,(H2,13,14)/b15-11+. The zero-order valence-electron chi connectivity index (χ0n) is 11.4. The molecule has 0 aromatic carbocycles. The third-order valence-electron chi connectivity index (χ3n) is 2.56. The Morgan fingerprint density at radius 3 is 2.91 bits per heavy atom. The summed E-state index contributed by atoms with van der Waals surface area (Å²) < 4.78 is 0.528. The summed E-state index contributed by atoms with van der Waals surface area (Å²) in [6.45, 7) is 1.00. The maximum absolute atomic E-state index is 11.5. The first-order valence-corrected chi connectivity index (χ1v) is 6.82. The molecule has 0 fully saturated rings. The molecular weight excluding hydrogens is 312 g/mol. The first-order chi connectivity index (χ1) is 10.4. The van der Waals surface area contributed by atoms with Crippen molar-refractivity contribution in [1.29, 1.82) is 0 Å². The fraction of sp³-hybridized carbons (Fsp3) is 0.167. The van der Waals surface area contributed by atoms with Crippen LogP contribution in [0.2, 0.25) is 0 Å². The van der Waals surface area contributed by atoms with Gasteiger partial charge in [-0.3, -0.25) is 9.59 Å². The molecule has 0 radical (unpaired) electrons. The quantitative estimate of drug-likeness (QED) is 0.409. The first kappa shape index (κ1) is 15.5. The van der Waals surface area contributed by atoms with Gasteiger partial charge < -0.3 is 20.9 Å². The molecule has 0 saturated carbocycles. The Bertz CT molecular complexity index is 795. The lowest BCUT2D eigenvalue weighted by molar-refractivity contribution is -0.111. The Balaban J connectivity index is 2.18. The molecule has 0 atom stereocenters. The van der Waals surface area contributed by atoms with Gasteiger partial charge in [0.2, 0.25) is 5.43 Å². The van der Waals surface area contributed by atoms with Crippen LogP contribution in [-0.2, 0) is 16.2 Å². The van der Waals surface area contributed by atoms with Gasteiger partial charge in [0, 0.05) is 18.4 Å². The van der Waals surface area contributed by atoms with Crippen molar-refractivity contribution in [2.24, 2.45) is 5.16 Å². The van der Waals surface area contributed by atoms with E-state index in [9.17, 15) is 14.8 Å². The van der Waals surface area contributed by atoms with Gasteiger partial charge in [-0.15, -0.1) is 11.3 Å². The lowest BCUT2D eigenvalue weighted by atomic mass is 10.2. The Morgan fingerprint density at radius 1 is 1.59 bits per heavy atom. The second-order valence-electron chi connectivity index (χ2n) is 4.20. The van der Waals surface area contributed by atoms with E-state index in [1.165, 1.54) is 6.92 Å². The predicted octanol–water partition coefficient (Wildman–Crippen LogP) is 0.340. The van der Waals surface area contributed by atoms with Gasteiger partial charge in [-0.1, -0.05) is 5.16 Å². The molecular formula is C12H12N4O5S. The summed E-state index contributed by atoms with van der Waals surface area (Å²) in [7, 11) is 0. The molecule has 0 bridgehead atoms. The van der Waals surface area contributed by atoms with Crippen molar-refractivity contribution in [2.45, 2.75) is 13.5 Å². The van der Waals surface area contributed by atoms with Gasteiger partial charge in [-0.05, 0) is 0 Å². The second kappa shape index (κ2) is 6.26. The molecule has 0 aliphatic heterocycles. The number of oxime groups is 1. The number of thiazole rings is 1. The van der Waals surface area contributed by atoms with Crippen LogP contribution in [0.1, 0.15) is 18.3 Å². The van der Waals surface area contributed by atoms with Crippen LogP contribution in [0.3, 0.4) is 0 Å². The molecule has 0 saturated heterocycles. The van der Waals surface area contributed by atoms with E-state index in [4.69, 9.17) is 15.7 Å². The number of hydrogen-bond acceptors (Lipinski definition) is 9. The second-order valence-corrected chi connectivity index (χ2v) is 5.09. The van der Waals surface area contributed by atoms with Gasteiger partial charge in [-0.2, -0.15) is 4.73 Å². The SMILES string of the molecule is CC(=O)/C(=N\OCc1cc(=O)c(O)cn1O)c1csc(N)n1. The summed E-state index contributed by atoms with van der Waals surface area (Å²) in [5, 5.41) is 24.1. The van der Waals surface area contributed by atoms with E-state index in [2.05, 4.69) is 10.1 Å². The number of pyridine rings is 1. The molecule has 0 aliphatic rings. The molecule has 2 aromatic rings. The summed E-state index contributed by atoms with van der Waals surface area (Å²) in [6, 6.07) is 0.985. The van der Waals surface area contributed by atoms with Gasteiger partial charge in [0.15, 0.2) is 29.0 Å². The highest BCUT2D eigenvalue weighted by Gasteiger charge is 2.14. The van der Waals surface area contributed by atoms with Crippen molar-refractivity contribution in [3.05, 3.63) is 39.3 Å². The number of aromatic nitrogens is 2. The largest absolute Gasteiger partial charge is 0.503 e. The fourth-order valence-corrected chi connectivity index (χ4v) is 2.06. The highest BCUT2D eigenvalue weighted by atomic mass is 32.1. The predicted molar refractivity (Wildman–Crippen MR) is 78.1 cm³/mol. The Hall–Kier alpha value is -2.88. The minimum atomic E-state index is -0.674. The van der Waals surface area contributed by atoms with Crippen LogP contribution in [0.4, 0.5) is 5.13 Å². The number of aromatic hydroxyl groups is 1. The van der Waals surface area contributed by atoms with Gasteiger partial charge in [0.05, 0.1) is 6.20 Å². The highest BCUT2D eigenvalue weighted by molar-refractivity contribution is 7.13. The number of ketones is 1. The fourth-order valence-electron chi connectivity index (χ4n) is 1.51. The van der Waals surface area contributed by atoms with Crippen molar-refractivity contribution in [3.63, 3.8) is 0 Å². The Kier molecular flexibility index (Phi) is 4.41. The smallest absolute Gasteiger partial charge is 0.223 e. The number of carbonyl (C=O) groups excluding carboxylic acids is 1. The van der Waals surface area contributed by atoms with Crippen molar-refractivity contribution in [1.82, 2.24) is 9.71 Å². The highest BCUT2D eigenvalue weighted by Crippen LogP contribution is 2.13. The summed E-state index contributed by atoms with van der Waals surface area (Å²) in [6.07, 6.45) is 0.831. The molecule has 0 amide bonds. The van der Waals surface area contributed by atoms with Crippen LogP contribution < -0.4 is 11.2 Å². The van der Waals surface area contributed by atoms with Gasteiger partial charge in [-0.25, -0.2) is 4.98 Å². The number of nitrogen functional groups attached to an aromatic ring is 1. The lowest BCUT2D eigenvalue weighted by Crippen LogP contribution is -2.14. The van der Waals surface area contributed by atoms with Gasteiger partial charge >= 0.3 is 0 Å². The lowest BCUT2D eigenvalue weighted by Gasteiger charge is -2.06. The molecule has 2 aromatic heterocycles. The number of rotatable bonds is 5. The van der Waals surface area contributed by atoms with Crippen LogP contribution in [-0.4, -0.2) is 31.5 Å². The monoisotopic (exact) mass is 324 g/mol. The minimum Gasteiger partial charge on any atom is -0.503 e. The van der Waals surface area contributed by atoms with Crippen LogP contribution in [0.25, 0.3) is 0 Å². The van der Waals surface area contributed by atoms with Crippen LogP contribution in [0, 0.1) is 0 Å². The zero-order chi connectivity index (χ0) is 16.3. The van der Waals surface area contributed by atoms with E-state index in [1.807, 2.05) is 0 Å². The van der Waals surface area contributed by atoms with Crippen molar-refractivity contribution in [3.8, 4) is 5.75 Å². The average molecular weight is 324 g/mol. The molecule has 0 aliphatic carbocycles. The normalized spacial score (nSPS) is 11.4.